The van der Waals surface area contributed by atoms with Gasteiger partial charge in [-0.1, -0.05) is 37.6 Å². The zero-order valence-corrected chi connectivity index (χ0v) is 15.2. The van der Waals surface area contributed by atoms with Crippen LogP contribution in [0.4, 0.5) is 5.82 Å². The van der Waals surface area contributed by atoms with Crippen LogP contribution in [-0.4, -0.2) is 47.1 Å². The molecule has 1 aromatic heterocycles. The average molecular weight is 360 g/mol. The number of pyridine rings is 1. The van der Waals surface area contributed by atoms with Crippen LogP contribution >= 0.6 is 11.6 Å². The molecule has 0 aliphatic carbocycles. The first-order chi connectivity index (χ1) is 12.0. The molecular formula is C19H22ClN3O2. The predicted molar refractivity (Wildman–Crippen MR) is 99.6 cm³/mol. The lowest BCUT2D eigenvalue weighted by atomic mass is 10.0. The predicted octanol–water partition coefficient (Wildman–Crippen LogP) is 3.53. The Balaban J connectivity index is 1.67. The first-order valence-electron chi connectivity index (χ1n) is 8.45. The first kappa shape index (κ1) is 17.5. The van der Waals surface area contributed by atoms with Crippen molar-refractivity contribution in [3.63, 3.8) is 0 Å². The van der Waals surface area contributed by atoms with E-state index >= 15 is 0 Å². The number of benzene rings is 1. The molecule has 1 fully saturated rings. The molecule has 1 aromatic carbocycles. The summed E-state index contributed by atoms with van der Waals surface area (Å²) in [6.07, 6.45) is 0. The fourth-order valence-electron chi connectivity index (χ4n) is 2.97. The van der Waals surface area contributed by atoms with Gasteiger partial charge in [-0.3, -0.25) is 4.79 Å². The van der Waals surface area contributed by atoms with E-state index < -0.39 is 0 Å². The lowest BCUT2D eigenvalue weighted by Crippen LogP contribution is -2.49. The van der Waals surface area contributed by atoms with Crippen LogP contribution in [0.1, 0.15) is 35.7 Å². The van der Waals surface area contributed by atoms with Gasteiger partial charge in [0.05, 0.1) is 5.56 Å². The van der Waals surface area contributed by atoms with Gasteiger partial charge in [0.2, 0.25) is 0 Å². The molecule has 1 amide bonds. The van der Waals surface area contributed by atoms with Gasteiger partial charge in [0.1, 0.15) is 16.7 Å². The van der Waals surface area contributed by atoms with E-state index in [0.29, 0.717) is 42.8 Å². The first-order valence-corrected chi connectivity index (χ1v) is 8.83. The van der Waals surface area contributed by atoms with E-state index in [1.54, 1.807) is 23.1 Å². The third-order valence-corrected chi connectivity index (χ3v) is 4.72. The Bertz CT molecular complexity index is 771. The highest BCUT2D eigenvalue weighted by Gasteiger charge is 2.24. The van der Waals surface area contributed by atoms with E-state index in [1.807, 2.05) is 18.2 Å². The minimum Gasteiger partial charge on any atom is -0.507 e. The lowest BCUT2D eigenvalue weighted by molar-refractivity contribution is 0.0743. The van der Waals surface area contributed by atoms with Crippen LogP contribution in [0.5, 0.6) is 5.75 Å². The summed E-state index contributed by atoms with van der Waals surface area (Å²) in [5.74, 6) is 1.05. The highest BCUT2D eigenvalue weighted by molar-refractivity contribution is 6.29. The minimum absolute atomic E-state index is 0.0511. The van der Waals surface area contributed by atoms with Gasteiger partial charge < -0.3 is 14.9 Å². The SMILES string of the molecule is CC(C)c1ccc(C(=O)N2CCN(c3cccc(Cl)n3)CC2)c(O)c1. The second-order valence-corrected chi connectivity index (χ2v) is 6.92. The molecule has 0 saturated carbocycles. The molecule has 2 heterocycles. The van der Waals surface area contributed by atoms with Crippen LogP contribution in [0.25, 0.3) is 0 Å². The maximum Gasteiger partial charge on any atom is 0.257 e. The Hall–Kier alpha value is -2.27. The van der Waals surface area contributed by atoms with Crippen molar-refractivity contribution in [2.24, 2.45) is 0 Å². The van der Waals surface area contributed by atoms with Crippen molar-refractivity contribution >= 4 is 23.3 Å². The van der Waals surface area contributed by atoms with Crippen molar-refractivity contribution < 1.29 is 9.90 Å². The van der Waals surface area contributed by atoms with E-state index in [9.17, 15) is 9.90 Å². The van der Waals surface area contributed by atoms with Gasteiger partial charge in [-0.05, 0) is 35.7 Å². The topological polar surface area (TPSA) is 56.7 Å². The summed E-state index contributed by atoms with van der Waals surface area (Å²) in [6.45, 7) is 6.64. The van der Waals surface area contributed by atoms with Crippen molar-refractivity contribution in [2.75, 3.05) is 31.1 Å². The monoisotopic (exact) mass is 359 g/mol. The number of amides is 1. The van der Waals surface area contributed by atoms with Crippen LogP contribution in [0.15, 0.2) is 36.4 Å². The van der Waals surface area contributed by atoms with Crippen LogP contribution in [0.2, 0.25) is 5.15 Å². The molecule has 0 radical (unpaired) electrons. The molecule has 132 valence electrons. The molecular weight excluding hydrogens is 338 g/mol. The molecule has 3 rings (SSSR count). The molecule has 0 atom stereocenters. The Morgan fingerprint density at radius 2 is 1.88 bits per heavy atom. The molecule has 1 aliphatic rings. The van der Waals surface area contributed by atoms with Crippen molar-refractivity contribution in [3.05, 3.63) is 52.7 Å². The quantitative estimate of drug-likeness (QED) is 0.852. The van der Waals surface area contributed by atoms with E-state index in [1.165, 1.54) is 0 Å². The van der Waals surface area contributed by atoms with Crippen molar-refractivity contribution in [1.29, 1.82) is 0 Å². The Kier molecular flexibility index (Phi) is 5.13. The number of aromatic hydroxyl groups is 1. The zero-order valence-electron chi connectivity index (χ0n) is 14.4. The number of carbonyl (C=O) groups excluding carboxylic acids is 1. The number of phenols is 1. The zero-order chi connectivity index (χ0) is 18.0. The van der Waals surface area contributed by atoms with Crippen molar-refractivity contribution in [1.82, 2.24) is 9.88 Å². The molecule has 5 nitrogen and oxygen atoms in total. The van der Waals surface area contributed by atoms with Crippen molar-refractivity contribution in [2.45, 2.75) is 19.8 Å². The highest BCUT2D eigenvalue weighted by Crippen LogP contribution is 2.25. The second kappa shape index (κ2) is 7.31. The van der Waals surface area contributed by atoms with E-state index in [-0.39, 0.29) is 11.7 Å². The normalized spacial score (nSPS) is 14.9. The highest BCUT2D eigenvalue weighted by atomic mass is 35.5. The average Bonchev–Trinajstić information content (AvgIpc) is 2.61. The van der Waals surface area contributed by atoms with Crippen LogP contribution in [0.3, 0.4) is 0 Å². The molecule has 0 unspecified atom stereocenters. The summed E-state index contributed by atoms with van der Waals surface area (Å²) >= 11 is 5.95. The van der Waals surface area contributed by atoms with Crippen LogP contribution < -0.4 is 4.90 Å². The Labute approximate surface area is 152 Å². The maximum absolute atomic E-state index is 12.7. The van der Waals surface area contributed by atoms with Gasteiger partial charge in [0, 0.05) is 26.2 Å². The van der Waals surface area contributed by atoms with E-state index in [2.05, 4.69) is 23.7 Å². The maximum atomic E-state index is 12.7. The largest absolute Gasteiger partial charge is 0.507 e. The van der Waals surface area contributed by atoms with Gasteiger partial charge >= 0.3 is 0 Å². The molecule has 0 spiro atoms. The smallest absolute Gasteiger partial charge is 0.257 e. The number of anilines is 1. The lowest BCUT2D eigenvalue weighted by Gasteiger charge is -2.35. The molecule has 1 aliphatic heterocycles. The van der Waals surface area contributed by atoms with Gasteiger partial charge in [0.15, 0.2) is 0 Å². The fraction of sp³-hybridized carbons (Fsp3) is 0.368. The summed E-state index contributed by atoms with van der Waals surface area (Å²) in [5.41, 5.74) is 1.38. The molecule has 6 heteroatoms. The van der Waals surface area contributed by atoms with Gasteiger partial charge in [-0.2, -0.15) is 0 Å². The number of nitrogens with zero attached hydrogens (tertiary/aromatic N) is 3. The second-order valence-electron chi connectivity index (χ2n) is 6.53. The number of aromatic nitrogens is 1. The van der Waals surface area contributed by atoms with Gasteiger partial charge in [-0.15, -0.1) is 0 Å². The van der Waals surface area contributed by atoms with Crippen LogP contribution in [0, 0.1) is 0 Å². The summed E-state index contributed by atoms with van der Waals surface area (Å²) in [5, 5.41) is 10.7. The summed E-state index contributed by atoms with van der Waals surface area (Å²) in [4.78, 5) is 20.9. The number of phenolic OH excluding ortho intramolecular Hbond substituents is 1. The molecule has 25 heavy (non-hydrogen) atoms. The number of hydrogen-bond acceptors (Lipinski definition) is 4. The van der Waals surface area contributed by atoms with Crippen LogP contribution in [-0.2, 0) is 0 Å². The molecule has 1 saturated heterocycles. The van der Waals surface area contributed by atoms with E-state index in [4.69, 9.17) is 11.6 Å². The fourth-order valence-corrected chi connectivity index (χ4v) is 3.13. The van der Waals surface area contributed by atoms with E-state index in [0.717, 1.165) is 11.4 Å². The minimum atomic E-state index is -0.133. The number of piperazine rings is 1. The molecule has 0 bridgehead atoms. The number of halogens is 1. The number of hydrogen-bond donors (Lipinski definition) is 1. The molecule has 2 aromatic rings. The number of carbonyl (C=O) groups is 1. The van der Waals surface area contributed by atoms with Crippen molar-refractivity contribution in [3.8, 4) is 5.75 Å². The third-order valence-electron chi connectivity index (χ3n) is 4.51. The number of rotatable bonds is 3. The Morgan fingerprint density at radius 1 is 1.16 bits per heavy atom. The summed E-state index contributed by atoms with van der Waals surface area (Å²) < 4.78 is 0. The summed E-state index contributed by atoms with van der Waals surface area (Å²) in [6, 6.07) is 10.8. The van der Waals surface area contributed by atoms with Gasteiger partial charge in [-0.25, -0.2) is 4.98 Å². The standard InChI is InChI=1S/C19H22ClN3O2/c1-13(2)14-6-7-15(16(24)12-14)19(25)23-10-8-22(9-11-23)18-5-3-4-17(20)21-18/h3-7,12-13,24H,8-11H2,1-2H3. The molecule has 1 N–H and O–H groups in total. The third kappa shape index (κ3) is 3.87. The van der Waals surface area contributed by atoms with Gasteiger partial charge in [0.25, 0.3) is 5.91 Å². The Morgan fingerprint density at radius 3 is 2.48 bits per heavy atom. The summed E-state index contributed by atoms with van der Waals surface area (Å²) in [7, 11) is 0.